The number of benzene rings is 2. The van der Waals surface area contributed by atoms with E-state index in [4.69, 9.17) is 4.98 Å². The minimum Gasteiger partial charge on any atom is -0.378 e. The molecule has 0 aliphatic carbocycles. The molecule has 6 rings (SSSR count). The van der Waals surface area contributed by atoms with E-state index >= 15 is 0 Å². The summed E-state index contributed by atoms with van der Waals surface area (Å²) in [5, 5.41) is 0.969. The first-order chi connectivity index (χ1) is 17.5. The fourth-order valence-corrected chi connectivity index (χ4v) is 4.92. The van der Waals surface area contributed by atoms with E-state index in [0.29, 0.717) is 0 Å². The van der Waals surface area contributed by atoms with Crippen molar-refractivity contribution >= 4 is 33.3 Å². The van der Waals surface area contributed by atoms with Crippen molar-refractivity contribution in [2.24, 2.45) is 0 Å². The van der Waals surface area contributed by atoms with Gasteiger partial charge >= 0.3 is 0 Å². The second kappa shape index (κ2) is 8.87. The number of rotatable bonds is 4. The molecule has 0 unspecified atom stereocenters. The molecule has 1 aliphatic rings. The third-order valence-corrected chi connectivity index (χ3v) is 6.99. The van der Waals surface area contributed by atoms with Gasteiger partial charge in [-0.1, -0.05) is 12.1 Å². The maximum Gasteiger partial charge on any atom is 0.158 e. The maximum absolute atomic E-state index is 5.03. The number of imidazole rings is 1. The van der Waals surface area contributed by atoms with Crippen LogP contribution in [-0.2, 0) is 0 Å². The van der Waals surface area contributed by atoms with Crippen LogP contribution in [0.25, 0.3) is 44.6 Å². The number of aromatic amines is 1. The number of nitrogens with one attached hydrogen (secondary N) is 1. The van der Waals surface area contributed by atoms with Gasteiger partial charge in [-0.3, -0.25) is 4.98 Å². The average Bonchev–Trinajstić information content (AvgIpc) is 3.32. The van der Waals surface area contributed by atoms with Crippen LogP contribution >= 0.6 is 0 Å². The number of likely N-dealkylation sites (N-methyl/N-ethyl adjacent to an activating group) is 1. The van der Waals surface area contributed by atoms with Crippen LogP contribution in [0, 0.1) is 6.92 Å². The zero-order valence-electron chi connectivity index (χ0n) is 21.2. The molecule has 8 nitrogen and oxygen atoms in total. The zero-order chi connectivity index (χ0) is 24.8. The predicted molar refractivity (Wildman–Crippen MR) is 147 cm³/mol. The largest absolute Gasteiger partial charge is 0.378 e. The summed E-state index contributed by atoms with van der Waals surface area (Å²) >= 11 is 0. The van der Waals surface area contributed by atoms with E-state index in [2.05, 4.69) is 99.1 Å². The van der Waals surface area contributed by atoms with Crippen molar-refractivity contribution in [3.05, 3.63) is 60.7 Å². The zero-order valence-corrected chi connectivity index (χ0v) is 21.2. The Morgan fingerprint density at radius 1 is 0.917 bits per heavy atom. The van der Waals surface area contributed by atoms with Gasteiger partial charge in [0.1, 0.15) is 17.5 Å². The van der Waals surface area contributed by atoms with Gasteiger partial charge in [0.05, 0.1) is 29.1 Å². The molecule has 36 heavy (non-hydrogen) atoms. The predicted octanol–water partition coefficient (Wildman–Crippen LogP) is 4.36. The molecule has 5 aromatic rings. The molecule has 0 atom stereocenters. The number of H-pyrrole nitrogens is 1. The average molecular weight is 479 g/mol. The number of aryl methyl sites for hydroxylation is 1. The van der Waals surface area contributed by atoms with Gasteiger partial charge in [0.25, 0.3) is 0 Å². The first-order valence-electron chi connectivity index (χ1n) is 12.3. The summed E-state index contributed by atoms with van der Waals surface area (Å²) < 4.78 is 0. The van der Waals surface area contributed by atoms with Crippen LogP contribution in [0.3, 0.4) is 0 Å². The van der Waals surface area contributed by atoms with Gasteiger partial charge in [-0.05, 0) is 54.9 Å². The van der Waals surface area contributed by atoms with E-state index in [-0.39, 0.29) is 0 Å². The number of pyridine rings is 1. The lowest BCUT2D eigenvalue weighted by molar-refractivity contribution is 0.313. The molecule has 182 valence electrons. The van der Waals surface area contributed by atoms with E-state index in [1.54, 1.807) is 6.33 Å². The summed E-state index contributed by atoms with van der Waals surface area (Å²) in [6.07, 6.45) is 5.38. The highest BCUT2D eigenvalue weighted by molar-refractivity contribution is 5.97. The minimum absolute atomic E-state index is 0.733. The molecule has 1 saturated heterocycles. The van der Waals surface area contributed by atoms with Crippen molar-refractivity contribution in [2.45, 2.75) is 6.92 Å². The number of aromatic nitrogens is 5. The third-order valence-electron chi connectivity index (χ3n) is 6.99. The summed E-state index contributed by atoms with van der Waals surface area (Å²) in [7, 11) is 6.30. The fraction of sp³-hybridized carbons (Fsp3) is 0.286. The SMILES string of the molecule is Cc1cc(-c2ccc3ncnc(-c4nc5c(N6CCN(C)CC6)cncc5[nH]4)c3c2)cc(N(C)C)c1. The highest BCUT2D eigenvalue weighted by Crippen LogP contribution is 2.33. The molecule has 0 amide bonds. The van der Waals surface area contributed by atoms with Gasteiger partial charge in [-0.2, -0.15) is 0 Å². The Hall–Kier alpha value is -4.04. The van der Waals surface area contributed by atoms with Gasteiger partial charge in [-0.15, -0.1) is 0 Å². The number of hydrogen-bond donors (Lipinski definition) is 1. The summed E-state index contributed by atoms with van der Waals surface area (Å²) in [4.78, 5) is 29.1. The summed E-state index contributed by atoms with van der Waals surface area (Å²) in [6.45, 7) is 6.12. The second-order valence-corrected chi connectivity index (χ2v) is 9.84. The Morgan fingerprint density at radius 2 is 1.75 bits per heavy atom. The highest BCUT2D eigenvalue weighted by atomic mass is 15.3. The van der Waals surface area contributed by atoms with Crippen LogP contribution in [0.1, 0.15) is 5.56 Å². The molecule has 1 aliphatic heterocycles. The number of piperazine rings is 1. The summed E-state index contributed by atoms with van der Waals surface area (Å²) in [6, 6.07) is 13.0. The van der Waals surface area contributed by atoms with Crippen molar-refractivity contribution in [2.75, 3.05) is 57.1 Å². The van der Waals surface area contributed by atoms with Crippen LogP contribution < -0.4 is 9.80 Å². The van der Waals surface area contributed by atoms with Gasteiger partial charge in [0.15, 0.2) is 5.82 Å². The van der Waals surface area contributed by atoms with Crippen molar-refractivity contribution in [1.29, 1.82) is 0 Å². The fourth-order valence-electron chi connectivity index (χ4n) is 4.92. The molecule has 2 aromatic carbocycles. The standard InChI is InChI=1S/C28H30N8/c1-18-11-20(13-21(12-18)34(2)3)19-5-6-23-22(14-19)26(31-17-30-23)28-32-24-15-29-16-25(27(24)33-28)36-9-7-35(4)8-10-36/h5-6,11-17H,7-10H2,1-4H3,(H,32,33). The van der Waals surface area contributed by atoms with Crippen LogP contribution in [-0.4, -0.2) is 77.1 Å². The molecular weight excluding hydrogens is 448 g/mol. The van der Waals surface area contributed by atoms with Crippen LogP contribution in [0.4, 0.5) is 11.4 Å². The summed E-state index contributed by atoms with van der Waals surface area (Å²) in [5.74, 6) is 0.733. The Bertz CT molecular complexity index is 1560. The molecular formula is C28H30N8. The highest BCUT2D eigenvalue weighted by Gasteiger charge is 2.20. The van der Waals surface area contributed by atoms with E-state index in [0.717, 1.165) is 70.9 Å². The Balaban J connectivity index is 1.46. The molecule has 0 radical (unpaired) electrons. The van der Waals surface area contributed by atoms with Crippen molar-refractivity contribution in [1.82, 2.24) is 29.8 Å². The van der Waals surface area contributed by atoms with Crippen molar-refractivity contribution in [3.63, 3.8) is 0 Å². The van der Waals surface area contributed by atoms with E-state index in [9.17, 15) is 0 Å². The quantitative estimate of drug-likeness (QED) is 0.411. The topological polar surface area (TPSA) is 77.1 Å². The number of anilines is 2. The molecule has 1 N–H and O–H groups in total. The molecule has 0 saturated carbocycles. The second-order valence-electron chi connectivity index (χ2n) is 9.84. The van der Waals surface area contributed by atoms with E-state index in [1.165, 1.54) is 16.8 Å². The molecule has 8 heteroatoms. The molecule has 4 heterocycles. The first kappa shape index (κ1) is 22.4. The molecule has 3 aromatic heterocycles. The Kier molecular flexibility index (Phi) is 5.53. The smallest absolute Gasteiger partial charge is 0.158 e. The van der Waals surface area contributed by atoms with Gasteiger partial charge < -0.3 is 19.7 Å². The van der Waals surface area contributed by atoms with E-state index in [1.807, 2.05) is 12.4 Å². The lowest BCUT2D eigenvalue weighted by atomic mass is 10.00. The lowest BCUT2D eigenvalue weighted by Gasteiger charge is -2.33. The van der Waals surface area contributed by atoms with Crippen molar-refractivity contribution < 1.29 is 0 Å². The monoisotopic (exact) mass is 478 g/mol. The summed E-state index contributed by atoms with van der Waals surface area (Å²) in [5.41, 5.74) is 9.30. The van der Waals surface area contributed by atoms with Gasteiger partial charge in [0.2, 0.25) is 0 Å². The number of fused-ring (bicyclic) bond motifs is 2. The third kappa shape index (κ3) is 4.03. The lowest BCUT2D eigenvalue weighted by Crippen LogP contribution is -2.44. The van der Waals surface area contributed by atoms with Crippen LogP contribution in [0.5, 0.6) is 0 Å². The minimum atomic E-state index is 0.733. The normalized spacial score (nSPS) is 14.6. The molecule has 0 bridgehead atoms. The van der Waals surface area contributed by atoms with E-state index < -0.39 is 0 Å². The van der Waals surface area contributed by atoms with Crippen LogP contribution in [0.15, 0.2) is 55.1 Å². The first-order valence-corrected chi connectivity index (χ1v) is 12.3. The van der Waals surface area contributed by atoms with Gasteiger partial charge in [-0.25, -0.2) is 15.0 Å². The number of nitrogens with zero attached hydrogens (tertiary/aromatic N) is 7. The van der Waals surface area contributed by atoms with Crippen LogP contribution in [0.2, 0.25) is 0 Å². The number of hydrogen-bond acceptors (Lipinski definition) is 7. The Labute approximate surface area is 210 Å². The maximum atomic E-state index is 5.03. The molecule has 1 fully saturated rings. The van der Waals surface area contributed by atoms with Crippen molar-refractivity contribution in [3.8, 4) is 22.6 Å². The van der Waals surface area contributed by atoms with Gasteiger partial charge in [0, 0.05) is 51.3 Å². The molecule has 0 spiro atoms. The Morgan fingerprint density at radius 3 is 2.56 bits per heavy atom.